The molecule has 0 aromatic heterocycles. The Hall–Kier alpha value is -2.62. The summed E-state index contributed by atoms with van der Waals surface area (Å²) < 4.78 is 10.0. The highest BCUT2D eigenvalue weighted by molar-refractivity contribution is 6.40. The number of ether oxygens (including phenoxy) is 2. The first-order valence-corrected chi connectivity index (χ1v) is 7.10. The number of carbonyl (C=O) groups is 2. The lowest BCUT2D eigenvalue weighted by Gasteiger charge is -2.07. The normalized spacial score (nSPS) is 10.0. The van der Waals surface area contributed by atoms with Crippen LogP contribution in [0.5, 0.6) is 5.75 Å². The summed E-state index contributed by atoms with van der Waals surface area (Å²) in [6.07, 6.45) is 1.87. The summed E-state index contributed by atoms with van der Waals surface area (Å²) in [6.45, 7) is 0.596. The van der Waals surface area contributed by atoms with Crippen LogP contribution in [-0.2, 0) is 16.0 Å². The monoisotopic (exact) mass is 298 g/mol. The zero-order chi connectivity index (χ0) is 15.8. The van der Waals surface area contributed by atoms with Gasteiger partial charge in [-0.2, -0.15) is 0 Å². The average molecular weight is 298 g/mol. The molecule has 0 aliphatic carbocycles. The fourth-order valence-corrected chi connectivity index (χ4v) is 2.02. The van der Waals surface area contributed by atoms with Crippen LogP contribution in [-0.4, -0.2) is 25.5 Å². The molecule has 2 aromatic rings. The molecular formula is C18H18O4. The lowest BCUT2D eigenvalue weighted by Crippen LogP contribution is -2.15. The standard InChI is InChI=1S/C18H18O4/c1-21-18(20)17(19)15-9-11-16(12-10-15)22-13-5-8-14-6-3-2-4-7-14/h2-4,6-7,9-12H,5,8,13H2,1H3. The third-order valence-corrected chi connectivity index (χ3v) is 3.21. The molecule has 0 atom stereocenters. The Morgan fingerprint density at radius 2 is 1.64 bits per heavy atom. The van der Waals surface area contributed by atoms with Crippen molar-refractivity contribution in [2.24, 2.45) is 0 Å². The summed E-state index contributed by atoms with van der Waals surface area (Å²) in [5, 5.41) is 0. The minimum Gasteiger partial charge on any atom is -0.494 e. The van der Waals surface area contributed by atoms with Gasteiger partial charge in [0, 0.05) is 5.56 Å². The molecule has 0 amide bonds. The Balaban J connectivity index is 1.79. The number of esters is 1. The van der Waals surface area contributed by atoms with Crippen LogP contribution in [0.1, 0.15) is 22.3 Å². The number of hydrogen-bond acceptors (Lipinski definition) is 4. The van der Waals surface area contributed by atoms with Crippen LogP contribution in [0, 0.1) is 0 Å². The molecule has 0 heterocycles. The molecule has 2 rings (SSSR count). The summed E-state index contributed by atoms with van der Waals surface area (Å²) in [5.41, 5.74) is 1.58. The van der Waals surface area contributed by atoms with Gasteiger partial charge in [-0.15, -0.1) is 0 Å². The summed E-state index contributed by atoms with van der Waals surface area (Å²) in [4.78, 5) is 22.7. The van der Waals surface area contributed by atoms with Crippen LogP contribution in [0.25, 0.3) is 0 Å². The van der Waals surface area contributed by atoms with E-state index < -0.39 is 11.8 Å². The van der Waals surface area contributed by atoms with Gasteiger partial charge in [-0.1, -0.05) is 30.3 Å². The molecule has 2 aromatic carbocycles. The van der Waals surface area contributed by atoms with E-state index in [1.807, 2.05) is 18.2 Å². The fraction of sp³-hybridized carbons (Fsp3) is 0.222. The Kier molecular flexibility index (Phi) is 5.72. The van der Waals surface area contributed by atoms with Gasteiger partial charge in [-0.25, -0.2) is 4.79 Å². The van der Waals surface area contributed by atoms with Crippen molar-refractivity contribution in [3.63, 3.8) is 0 Å². The minimum absolute atomic E-state index is 0.295. The smallest absolute Gasteiger partial charge is 0.379 e. The molecule has 4 heteroatoms. The van der Waals surface area contributed by atoms with Crippen LogP contribution in [0.4, 0.5) is 0 Å². The molecule has 114 valence electrons. The molecule has 0 radical (unpaired) electrons. The first kappa shape index (κ1) is 15.8. The number of benzene rings is 2. The van der Waals surface area contributed by atoms with Crippen molar-refractivity contribution in [1.82, 2.24) is 0 Å². The lowest BCUT2D eigenvalue weighted by molar-refractivity contribution is -0.135. The third kappa shape index (κ3) is 4.45. The van der Waals surface area contributed by atoms with Gasteiger partial charge < -0.3 is 9.47 Å². The first-order valence-electron chi connectivity index (χ1n) is 7.10. The van der Waals surface area contributed by atoms with Crippen molar-refractivity contribution in [1.29, 1.82) is 0 Å². The number of carbonyl (C=O) groups excluding carboxylic acids is 2. The molecule has 22 heavy (non-hydrogen) atoms. The predicted octanol–water partition coefficient (Wildman–Crippen LogP) is 3.05. The number of Topliss-reactive ketones (excluding diaryl/α,β-unsaturated/α-hetero) is 1. The van der Waals surface area contributed by atoms with Gasteiger partial charge in [-0.05, 0) is 42.7 Å². The SMILES string of the molecule is COC(=O)C(=O)c1ccc(OCCCc2ccccc2)cc1. The van der Waals surface area contributed by atoms with E-state index in [9.17, 15) is 9.59 Å². The van der Waals surface area contributed by atoms with E-state index in [-0.39, 0.29) is 0 Å². The van der Waals surface area contributed by atoms with Gasteiger partial charge in [0.1, 0.15) is 5.75 Å². The van der Waals surface area contributed by atoms with Crippen molar-refractivity contribution in [3.8, 4) is 5.75 Å². The maximum absolute atomic E-state index is 11.6. The van der Waals surface area contributed by atoms with Gasteiger partial charge in [0.25, 0.3) is 5.78 Å². The summed E-state index contributed by atoms with van der Waals surface area (Å²) >= 11 is 0. The highest BCUT2D eigenvalue weighted by Gasteiger charge is 2.16. The quantitative estimate of drug-likeness (QED) is 0.341. The summed E-state index contributed by atoms with van der Waals surface area (Å²) in [6, 6.07) is 16.7. The third-order valence-electron chi connectivity index (χ3n) is 3.21. The second-order valence-corrected chi connectivity index (χ2v) is 4.78. The van der Waals surface area contributed by atoms with Crippen molar-refractivity contribution < 1.29 is 19.1 Å². The molecule has 0 aliphatic heterocycles. The van der Waals surface area contributed by atoms with Gasteiger partial charge >= 0.3 is 5.97 Å². The maximum Gasteiger partial charge on any atom is 0.379 e. The Morgan fingerprint density at radius 1 is 0.955 bits per heavy atom. The van der Waals surface area contributed by atoms with Gasteiger partial charge in [0.05, 0.1) is 13.7 Å². The van der Waals surface area contributed by atoms with Crippen LogP contribution in [0.15, 0.2) is 54.6 Å². The van der Waals surface area contributed by atoms with Crippen molar-refractivity contribution in [2.75, 3.05) is 13.7 Å². The van der Waals surface area contributed by atoms with Crippen molar-refractivity contribution in [2.45, 2.75) is 12.8 Å². The number of methoxy groups -OCH3 is 1. The van der Waals surface area contributed by atoms with E-state index in [1.165, 1.54) is 12.7 Å². The first-order chi connectivity index (χ1) is 10.7. The molecule has 0 saturated carbocycles. The Morgan fingerprint density at radius 3 is 2.27 bits per heavy atom. The van der Waals surface area contributed by atoms with Crippen LogP contribution in [0.3, 0.4) is 0 Å². The topological polar surface area (TPSA) is 52.6 Å². The van der Waals surface area contributed by atoms with E-state index in [0.717, 1.165) is 12.8 Å². The number of rotatable bonds is 7. The van der Waals surface area contributed by atoms with Gasteiger partial charge in [0.15, 0.2) is 0 Å². The summed E-state index contributed by atoms with van der Waals surface area (Å²) in [7, 11) is 1.18. The highest BCUT2D eigenvalue weighted by atomic mass is 16.5. The number of aryl methyl sites for hydroxylation is 1. The molecule has 0 fully saturated rings. The molecule has 4 nitrogen and oxygen atoms in total. The fourth-order valence-electron chi connectivity index (χ4n) is 2.02. The molecule has 0 N–H and O–H groups in total. The largest absolute Gasteiger partial charge is 0.494 e. The van der Waals surface area contributed by atoms with E-state index in [1.54, 1.807) is 24.3 Å². The van der Waals surface area contributed by atoms with Crippen molar-refractivity contribution in [3.05, 3.63) is 65.7 Å². The molecule has 0 unspecified atom stereocenters. The molecule has 0 saturated heterocycles. The number of hydrogen-bond donors (Lipinski definition) is 0. The lowest BCUT2D eigenvalue weighted by atomic mass is 10.1. The van der Waals surface area contributed by atoms with Crippen LogP contribution < -0.4 is 4.74 Å². The highest BCUT2D eigenvalue weighted by Crippen LogP contribution is 2.14. The van der Waals surface area contributed by atoms with E-state index >= 15 is 0 Å². The average Bonchev–Trinajstić information content (AvgIpc) is 2.59. The van der Waals surface area contributed by atoms with Gasteiger partial charge in [-0.3, -0.25) is 4.79 Å². The zero-order valence-corrected chi connectivity index (χ0v) is 12.5. The minimum atomic E-state index is -0.864. The number of ketones is 1. The van der Waals surface area contributed by atoms with E-state index in [4.69, 9.17) is 4.74 Å². The summed E-state index contributed by atoms with van der Waals surface area (Å²) in [5.74, 6) is -0.843. The molecule has 0 aliphatic rings. The van der Waals surface area contributed by atoms with E-state index in [0.29, 0.717) is 17.9 Å². The zero-order valence-electron chi connectivity index (χ0n) is 12.5. The second kappa shape index (κ2) is 7.98. The van der Waals surface area contributed by atoms with E-state index in [2.05, 4.69) is 16.9 Å². The molecular weight excluding hydrogens is 280 g/mol. The molecule has 0 spiro atoms. The second-order valence-electron chi connectivity index (χ2n) is 4.78. The maximum atomic E-state index is 11.6. The van der Waals surface area contributed by atoms with Crippen LogP contribution >= 0.6 is 0 Å². The van der Waals surface area contributed by atoms with Gasteiger partial charge in [0.2, 0.25) is 0 Å². The van der Waals surface area contributed by atoms with Crippen molar-refractivity contribution >= 4 is 11.8 Å². The Bertz CT molecular complexity index is 617. The predicted molar refractivity (Wildman–Crippen MR) is 83.0 cm³/mol. The van der Waals surface area contributed by atoms with Crippen LogP contribution in [0.2, 0.25) is 0 Å². The molecule has 0 bridgehead atoms. The Labute approximate surface area is 129 Å².